The van der Waals surface area contributed by atoms with E-state index in [4.69, 9.17) is 10.5 Å². The Morgan fingerprint density at radius 2 is 2.00 bits per heavy atom. The number of aliphatic hydroxyl groups excluding tert-OH is 1. The number of hydrogen-bond acceptors (Lipinski definition) is 5. The van der Waals surface area contributed by atoms with Crippen LogP contribution in [0, 0.1) is 0 Å². The van der Waals surface area contributed by atoms with Crippen molar-refractivity contribution in [2.75, 3.05) is 6.54 Å². The molecule has 6 nitrogen and oxygen atoms in total. The molecule has 2 aromatic carbocycles. The lowest BCUT2D eigenvalue weighted by atomic mass is 10.0. The maximum Gasteiger partial charge on any atom is 0.250 e. The van der Waals surface area contributed by atoms with Crippen LogP contribution in [0.5, 0.6) is 11.6 Å². The normalized spacial score (nSPS) is 11.9. The Labute approximate surface area is 157 Å². The van der Waals surface area contributed by atoms with E-state index in [1.807, 2.05) is 36.4 Å². The average Bonchev–Trinajstić information content (AvgIpc) is 2.68. The number of nitrogens with zero attached hydrogens (tertiary/aromatic N) is 1. The summed E-state index contributed by atoms with van der Waals surface area (Å²) in [4.78, 5) is 15.3. The second-order valence-corrected chi connectivity index (χ2v) is 6.05. The van der Waals surface area contributed by atoms with Crippen LogP contribution in [0.1, 0.15) is 15.9 Å². The van der Waals surface area contributed by atoms with Crippen LogP contribution in [0.4, 0.5) is 0 Å². The lowest BCUT2D eigenvalue weighted by molar-refractivity contribution is 0.1000. The third-order valence-electron chi connectivity index (χ3n) is 4.15. The van der Waals surface area contributed by atoms with Gasteiger partial charge in [0.1, 0.15) is 5.75 Å². The van der Waals surface area contributed by atoms with E-state index in [0.29, 0.717) is 30.3 Å². The minimum absolute atomic E-state index is 0.329. The molecule has 0 saturated carbocycles. The van der Waals surface area contributed by atoms with Gasteiger partial charge >= 0.3 is 0 Å². The van der Waals surface area contributed by atoms with E-state index >= 15 is 0 Å². The molecule has 6 heteroatoms. The van der Waals surface area contributed by atoms with Gasteiger partial charge in [0, 0.05) is 30.7 Å². The maximum absolute atomic E-state index is 11.1. The van der Waals surface area contributed by atoms with Crippen molar-refractivity contribution in [2.24, 2.45) is 5.73 Å². The minimum Gasteiger partial charge on any atom is -0.438 e. The molecule has 0 bridgehead atoms. The Bertz CT molecular complexity index is 955. The van der Waals surface area contributed by atoms with Gasteiger partial charge in [0.05, 0.1) is 11.7 Å². The molecule has 1 atom stereocenters. The van der Waals surface area contributed by atoms with Gasteiger partial charge in [-0.05, 0) is 23.1 Å². The van der Waals surface area contributed by atoms with E-state index in [1.54, 1.807) is 12.1 Å². The number of carbonyl (C=O) groups excluding carboxylic acids is 1. The monoisotopic (exact) mass is 363 g/mol. The number of aromatic nitrogens is 1. The summed E-state index contributed by atoms with van der Waals surface area (Å²) in [6.45, 7) is 4.61. The van der Waals surface area contributed by atoms with Crippen molar-refractivity contribution < 1.29 is 14.6 Å². The highest BCUT2D eigenvalue weighted by molar-refractivity contribution is 5.92. The molecule has 4 N–H and O–H groups in total. The zero-order valence-electron chi connectivity index (χ0n) is 14.8. The van der Waals surface area contributed by atoms with Gasteiger partial charge in [-0.25, -0.2) is 4.98 Å². The van der Waals surface area contributed by atoms with Gasteiger partial charge in [-0.2, -0.15) is 0 Å². The molecule has 0 aliphatic heterocycles. The minimum atomic E-state index is -0.576. The van der Waals surface area contributed by atoms with Crippen molar-refractivity contribution in [1.29, 1.82) is 0 Å². The number of carbonyl (C=O) groups is 1. The second-order valence-electron chi connectivity index (χ2n) is 6.05. The van der Waals surface area contributed by atoms with Crippen LogP contribution >= 0.6 is 0 Å². The van der Waals surface area contributed by atoms with Gasteiger partial charge in [-0.3, -0.25) is 4.79 Å². The predicted molar refractivity (Wildman–Crippen MR) is 105 cm³/mol. The van der Waals surface area contributed by atoms with Crippen molar-refractivity contribution in [1.82, 2.24) is 10.3 Å². The first-order valence-electron chi connectivity index (χ1n) is 8.54. The summed E-state index contributed by atoms with van der Waals surface area (Å²) < 4.78 is 5.90. The van der Waals surface area contributed by atoms with Gasteiger partial charge in [0.25, 0.3) is 0 Å². The van der Waals surface area contributed by atoms with E-state index in [2.05, 4.69) is 16.9 Å². The number of nitrogens with one attached hydrogen (secondary N) is 1. The van der Waals surface area contributed by atoms with Gasteiger partial charge in [0.2, 0.25) is 11.8 Å². The zero-order chi connectivity index (χ0) is 19.2. The Morgan fingerprint density at radius 3 is 2.70 bits per heavy atom. The maximum atomic E-state index is 11.1. The van der Waals surface area contributed by atoms with Crippen LogP contribution in [0.2, 0.25) is 0 Å². The smallest absolute Gasteiger partial charge is 0.250 e. The first-order valence-corrected chi connectivity index (χ1v) is 8.54. The van der Waals surface area contributed by atoms with Gasteiger partial charge in [0.15, 0.2) is 0 Å². The lowest BCUT2D eigenvalue weighted by Gasteiger charge is -2.13. The molecule has 138 valence electrons. The highest BCUT2D eigenvalue weighted by atomic mass is 16.5. The van der Waals surface area contributed by atoms with Crippen molar-refractivity contribution in [2.45, 2.75) is 12.6 Å². The summed E-state index contributed by atoms with van der Waals surface area (Å²) >= 11 is 0. The summed E-state index contributed by atoms with van der Waals surface area (Å²) in [6.07, 6.45) is 2.31. The van der Waals surface area contributed by atoms with Crippen LogP contribution < -0.4 is 15.8 Å². The molecule has 0 fully saturated rings. The van der Waals surface area contributed by atoms with Crippen LogP contribution in [0.25, 0.3) is 10.8 Å². The summed E-state index contributed by atoms with van der Waals surface area (Å²) in [5.41, 5.74) is 6.65. The predicted octanol–water partition coefficient (Wildman–Crippen LogP) is 2.76. The first-order chi connectivity index (χ1) is 13.1. The Balaban J connectivity index is 1.83. The molecule has 0 radical (unpaired) electrons. The average molecular weight is 363 g/mol. The molecule has 0 saturated heterocycles. The zero-order valence-corrected chi connectivity index (χ0v) is 14.8. The van der Waals surface area contributed by atoms with Gasteiger partial charge in [-0.1, -0.05) is 36.4 Å². The third-order valence-corrected chi connectivity index (χ3v) is 4.15. The number of primary amides is 1. The van der Waals surface area contributed by atoms with Crippen molar-refractivity contribution in [3.8, 4) is 11.6 Å². The number of hydrogen-bond donors (Lipinski definition) is 3. The fraction of sp³-hybridized carbons (Fsp3) is 0.143. The Hall–Kier alpha value is -3.22. The molecule has 0 aliphatic carbocycles. The number of pyridine rings is 1. The van der Waals surface area contributed by atoms with E-state index in [-0.39, 0.29) is 0 Å². The van der Waals surface area contributed by atoms with Crippen molar-refractivity contribution in [3.63, 3.8) is 0 Å². The van der Waals surface area contributed by atoms with E-state index < -0.39 is 12.0 Å². The second kappa shape index (κ2) is 8.44. The fourth-order valence-electron chi connectivity index (χ4n) is 2.73. The van der Waals surface area contributed by atoms with E-state index in [1.165, 1.54) is 12.3 Å². The largest absolute Gasteiger partial charge is 0.438 e. The Kier molecular flexibility index (Phi) is 5.80. The molecule has 1 amide bonds. The third kappa shape index (κ3) is 4.49. The molecular formula is C21H21N3O3. The molecule has 0 aliphatic rings. The highest BCUT2D eigenvalue weighted by Crippen LogP contribution is 2.31. The van der Waals surface area contributed by atoms with E-state index in [9.17, 15) is 9.90 Å². The highest BCUT2D eigenvalue weighted by Gasteiger charge is 2.09. The number of nitrogens with two attached hydrogens (primary N) is 1. The lowest BCUT2D eigenvalue weighted by Crippen LogP contribution is -2.24. The molecule has 0 unspecified atom stereocenters. The Morgan fingerprint density at radius 1 is 1.22 bits per heavy atom. The summed E-state index contributed by atoms with van der Waals surface area (Å²) in [6, 6.07) is 15.0. The standard InChI is InChI=1S/C21H21N3O3/c1-2-16(25)13-23-11-14-5-3-7-18-17(14)6-4-8-19(18)27-20-10-9-15(12-24-20)21(22)26/h2-10,12,16,23,25H,1,11,13H2,(H2,22,26)/t16-/m0/s1. The van der Waals surface area contributed by atoms with Crippen molar-refractivity contribution >= 4 is 16.7 Å². The van der Waals surface area contributed by atoms with Gasteiger partial charge in [-0.15, -0.1) is 6.58 Å². The number of fused-ring (bicyclic) bond motifs is 1. The summed E-state index contributed by atoms with van der Waals surface area (Å²) in [7, 11) is 0. The molecule has 1 heterocycles. The molecule has 3 rings (SSSR count). The number of amides is 1. The molecular weight excluding hydrogens is 342 g/mol. The summed E-state index contributed by atoms with van der Waals surface area (Å²) in [5.74, 6) is 0.517. The molecule has 0 spiro atoms. The molecule has 1 aromatic heterocycles. The van der Waals surface area contributed by atoms with E-state index in [0.717, 1.165) is 16.3 Å². The SMILES string of the molecule is C=C[C@H](O)CNCc1cccc2c(Oc3ccc(C(N)=O)cn3)cccc12. The number of aliphatic hydroxyl groups is 1. The quantitative estimate of drug-likeness (QED) is 0.535. The number of ether oxygens (including phenoxy) is 1. The molecule has 27 heavy (non-hydrogen) atoms. The van der Waals surface area contributed by atoms with Crippen LogP contribution in [0.3, 0.4) is 0 Å². The summed E-state index contributed by atoms with van der Waals surface area (Å²) in [5, 5.41) is 14.8. The van der Waals surface area contributed by atoms with Crippen molar-refractivity contribution in [3.05, 3.63) is 78.5 Å². The molecule has 3 aromatic rings. The van der Waals surface area contributed by atoms with Crippen LogP contribution in [-0.2, 0) is 6.54 Å². The van der Waals surface area contributed by atoms with Crippen LogP contribution in [0.15, 0.2) is 67.4 Å². The number of benzene rings is 2. The van der Waals surface area contributed by atoms with Gasteiger partial charge < -0.3 is 20.9 Å². The fourth-order valence-corrected chi connectivity index (χ4v) is 2.73. The topological polar surface area (TPSA) is 97.5 Å². The number of rotatable bonds is 8. The van der Waals surface area contributed by atoms with Crippen LogP contribution in [-0.4, -0.2) is 28.6 Å². The first kappa shape index (κ1) is 18.6.